The van der Waals surface area contributed by atoms with Crippen molar-refractivity contribution in [2.75, 3.05) is 0 Å². The van der Waals surface area contributed by atoms with Crippen molar-refractivity contribution in [2.45, 2.75) is 66.0 Å². The van der Waals surface area contributed by atoms with E-state index in [0.717, 1.165) is 5.92 Å². The van der Waals surface area contributed by atoms with Gasteiger partial charge in [-0.3, -0.25) is 0 Å². The lowest BCUT2D eigenvalue weighted by Crippen LogP contribution is -2.45. The van der Waals surface area contributed by atoms with Crippen molar-refractivity contribution < 1.29 is 0 Å². The van der Waals surface area contributed by atoms with E-state index in [2.05, 4.69) is 64.2 Å². The van der Waals surface area contributed by atoms with E-state index >= 15 is 0 Å². The molecule has 2 bridgehead atoms. The van der Waals surface area contributed by atoms with Gasteiger partial charge < -0.3 is 5.32 Å². The van der Waals surface area contributed by atoms with Crippen molar-refractivity contribution in [2.24, 2.45) is 16.7 Å². The van der Waals surface area contributed by atoms with Crippen LogP contribution in [0, 0.1) is 23.7 Å². The van der Waals surface area contributed by atoms with Crippen molar-refractivity contribution >= 4 is 0 Å². The van der Waals surface area contributed by atoms with Crippen LogP contribution in [0.2, 0.25) is 0 Å². The molecule has 3 rings (SSSR count). The molecule has 2 fully saturated rings. The molecule has 0 aliphatic heterocycles. The summed E-state index contributed by atoms with van der Waals surface area (Å²) in [6.07, 6.45) is 4.18. The number of benzene rings is 1. The maximum Gasteiger partial charge on any atom is 0.0297 e. The predicted octanol–water partition coefficient (Wildman–Crippen LogP) is 4.86. The Morgan fingerprint density at radius 3 is 2.45 bits per heavy atom. The van der Waals surface area contributed by atoms with Gasteiger partial charge in [-0.1, -0.05) is 45.0 Å². The van der Waals surface area contributed by atoms with Gasteiger partial charge in [0.05, 0.1) is 0 Å². The zero-order chi connectivity index (χ0) is 14.5. The van der Waals surface area contributed by atoms with E-state index in [1.807, 2.05) is 0 Å². The topological polar surface area (TPSA) is 12.0 Å². The molecule has 0 saturated heterocycles. The van der Waals surface area contributed by atoms with Crippen LogP contribution >= 0.6 is 0 Å². The number of rotatable bonds is 3. The second-order valence-electron chi connectivity index (χ2n) is 7.91. The second kappa shape index (κ2) is 4.59. The van der Waals surface area contributed by atoms with Crippen molar-refractivity contribution in [3.8, 4) is 0 Å². The Bertz CT molecular complexity index is 504. The smallest absolute Gasteiger partial charge is 0.0297 e. The highest BCUT2D eigenvalue weighted by Crippen LogP contribution is 2.65. The first-order valence-corrected chi connectivity index (χ1v) is 8.18. The Hall–Kier alpha value is -0.820. The number of hydrogen-bond donors (Lipinski definition) is 1. The molecule has 110 valence electrons. The molecule has 0 spiro atoms. The summed E-state index contributed by atoms with van der Waals surface area (Å²) in [7, 11) is 0. The third-order valence-corrected chi connectivity index (χ3v) is 6.90. The summed E-state index contributed by atoms with van der Waals surface area (Å²) in [5.74, 6) is 0.911. The molecule has 2 aliphatic carbocycles. The number of aryl methyl sites for hydroxylation is 1. The van der Waals surface area contributed by atoms with Crippen molar-refractivity contribution in [1.82, 2.24) is 5.32 Å². The molecule has 1 nitrogen and oxygen atoms in total. The quantitative estimate of drug-likeness (QED) is 0.827. The maximum absolute atomic E-state index is 3.96. The SMILES string of the molecule is Cc1ccccc1[C@H](C)NC1CC2CCC1(C)C2(C)C. The van der Waals surface area contributed by atoms with Gasteiger partial charge in [-0.2, -0.15) is 0 Å². The van der Waals surface area contributed by atoms with Gasteiger partial charge in [-0.15, -0.1) is 0 Å². The fourth-order valence-electron chi connectivity index (χ4n) is 4.92. The van der Waals surface area contributed by atoms with Crippen LogP contribution in [0.1, 0.15) is 64.1 Å². The summed E-state index contributed by atoms with van der Waals surface area (Å²) >= 11 is 0. The van der Waals surface area contributed by atoms with Crippen molar-refractivity contribution in [1.29, 1.82) is 0 Å². The fraction of sp³-hybridized carbons (Fsp3) is 0.684. The molecule has 2 saturated carbocycles. The van der Waals surface area contributed by atoms with Crippen LogP contribution in [-0.4, -0.2) is 6.04 Å². The Kier molecular flexibility index (Phi) is 3.25. The van der Waals surface area contributed by atoms with Crippen LogP contribution in [0.3, 0.4) is 0 Å². The summed E-state index contributed by atoms with van der Waals surface area (Å²) in [4.78, 5) is 0. The number of nitrogens with one attached hydrogen (secondary N) is 1. The van der Waals surface area contributed by atoms with E-state index < -0.39 is 0 Å². The monoisotopic (exact) mass is 271 g/mol. The molecule has 4 atom stereocenters. The van der Waals surface area contributed by atoms with E-state index in [1.165, 1.54) is 30.4 Å². The van der Waals surface area contributed by atoms with Crippen LogP contribution in [0.4, 0.5) is 0 Å². The Morgan fingerprint density at radius 1 is 1.20 bits per heavy atom. The summed E-state index contributed by atoms with van der Waals surface area (Å²) in [6, 6.07) is 9.91. The lowest BCUT2D eigenvalue weighted by Gasteiger charge is -2.41. The summed E-state index contributed by atoms with van der Waals surface area (Å²) in [5, 5.41) is 3.96. The molecule has 20 heavy (non-hydrogen) atoms. The lowest BCUT2D eigenvalue weighted by molar-refractivity contribution is 0.116. The predicted molar refractivity (Wildman–Crippen MR) is 85.7 cm³/mol. The molecule has 1 heteroatoms. The van der Waals surface area contributed by atoms with Gasteiger partial charge in [0.1, 0.15) is 0 Å². The molecule has 1 N–H and O–H groups in total. The normalized spacial score (nSPS) is 36.2. The highest BCUT2D eigenvalue weighted by Gasteiger charge is 2.61. The van der Waals surface area contributed by atoms with Crippen LogP contribution in [0.25, 0.3) is 0 Å². The van der Waals surface area contributed by atoms with Crippen LogP contribution in [0.5, 0.6) is 0 Å². The third kappa shape index (κ3) is 1.86. The molecule has 1 aromatic carbocycles. The molecular formula is C19H29N. The largest absolute Gasteiger partial charge is 0.307 e. The molecule has 0 aromatic heterocycles. The second-order valence-corrected chi connectivity index (χ2v) is 7.91. The van der Waals surface area contributed by atoms with Crippen LogP contribution in [-0.2, 0) is 0 Å². The van der Waals surface area contributed by atoms with E-state index in [0.29, 0.717) is 22.9 Å². The van der Waals surface area contributed by atoms with E-state index in [4.69, 9.17) is 0 Å². The average Bonchev–Trinajstić information content (AvgIpc) is 2.72. The fourth-order valence-corrected chi connectivity index (χ4v) is 4.92. The minimum Gasteiger partial charge on any atom is -0.307 e. The van der Waals surface area contributed by atoms with E-state index in [9.17, 15) is 0 Å². The van der Waals surface area contributed by atoms with Crippen LogP contribution in [0.15, 0.2) is 24.3 Å². The Balaban J connectivity index is 1.79. The average molecular weight is 271 g/mol. The van der Waals surface area contributed by atoms with E-state index in [1.54, 1.807) is 0 Å². The zero-order valence-corrected chi connectivity index (χ0v) is 13.7. The van der Waals surface area contributed by atoms with Gasteiger partial charge >= 0.3 is 0 Å². The van der Waals surface area contributed by atoms with Gasteiger partial charge in [-0.25, -0.2) is 0 Å². The van der Waals surface area contributed by atoms with Crippen molar-refractivity contribution in [3.63, 3.8) is 0 Å². The van der Waals surface area contributed by atoms with E-state index in [-0.39, 0.29) is 0 Å². The molecule has 0 radical (unpaired) electrons. The lowest BCUT2D eigenvalue weighted by atomic mass is 9.69. The molecule has 0 amide bonds. The third-order valence-electron chi connectivity index (χ3n) is 6.90. The maximum atomic E-state index is 3.96. The van der Waals surface area contributed by atoms with Gasteiger partial charge in [0, 0.05) is 12.1 Å². The highest BCUT2D eigenvalue weighted by atomic mass is 15.0. The minimum absolute atomic E-state index is 0.452. The first-order chi connectivity index (χ1) is 9.36. The molecule has 2 aliphatic rings. The van der Waals surface area contributed by atoms with Gasteiger partial charge in [0.15, 0.2) is 0 Å². The first kappa shape index (κ1) is 14.1. The van der Waals surface area contributed by atoms with Crippen LogP contribution < -0.4 is 5.32 Å². The first-order valence-electron chi connectivity index (χ1n) is 8.18. The zero-order valence-electron chi connectivity index (χ0n) is 13.7. The summed E-state index contributed by atoms with van der Waals surface area (Å²) < 4.78 is 0. The number of hydrogen-bond acceptors (Lipinski definition) is 1. The highest BCUT2D eigenvalue weighted by molar-refractivity contribution is 5.28. The number of fused-ring (bicyclic) bond motifs is 2. The molecule has 0 heterocycles. The molecule has 1 aromatic rings. The molecule has 3 unspecified atom stereocenters. The summed E-state index contributed by atoms with van der Waals surface area (Å²) in [5.41, 5.74) is 3.82. The Morgan fingerprint density at radius 2 is 1.90 bits per heavy atom. The Labute approximate surface area is 124 Å². The van der Waals surface area contributed by atoms with Gasteiger partial charge in [-0.05, 0) is 61.0 Å². The minimum atomic E-state index is 0.452. The summed E-state index contributed by atoms with van der Waals surface area (Å²) in [6.45, 7) is 12.0. The van der Waals surface area contributed by atoms with Gasteiger partial charge in [0.2, 0.25) is 0 Å². The van der Waals surface area contributed by atoms with Crippen molar-refractivity contribution in [3.05, 3.63) is 35.4 Å². The van der Waals surface area contributed by atoms with Gasteiger partial charge in [0.25, 0.3) is 0 Å². The molecular weight excluding hydrogens is 242 g/mol. The standard InChI is InChI=1S/C19H29N/c1-13-8-6-7-9-16(13)14(2)20-17-12-15-10-11-19(17,5)18(15,3)4/h6-9,14-15,17,20H,10-12H2,1-5H3/t14-,15?,17?,19?/m0/s1.